The molecule has 1 saturated heterocycles. The number of fused-ring (bicyclic) bond motifs is 1. The van der Waals surface area contributed by atoms with Crippen LogP contribution in [-0.2, 0) is 0 Å². The summed E-state index contributed by atoms with van der Waals surface area (Å²) in [7, 11) is 0. The third-order valence-corrected chi connectivity index (χ3v) is 4.71. The molecule has 140 valence electrons. The SMILES string of the molecule is Cc1nc(/N=C2/CCC(C)CNC2)nc(Nc2ccc3[nH]ncc3c2)c1F. The van der Waals surface area contributed by atoms with Crippen LogP contribution in [0, 0.1) is 18.7 Å². The minimum atomic E-state index is -0.473. The van der Waals surface area contributed by atoms with Gasteiger partial charge >= 0.3 is 0 Å². The highest BCUT2D eigenvalue weighted by Gasteiger charge is 2.15. The minimum absolute atomic E-state index is 0.125. The summed E-state index contributed by atoms with van der Waals surface area (Å²) >= 11 is 0. The lowest BCUT2D eigenvalue weighted by atomic mass is 10.1. The fourth-order valence-corrected chi connectivity index (χ4v) is 3.14. The maximum absolute atomic E-state index is 14.5. The number of nitrogens with one attached hydrogen (secondary N) is 3. The number of aromatic amines is 1. The predicted octanol–water partition coefficient (Wildman–Crippen LogP) is 3.64. The first-order chi connectivity index (χ1) is 13.1. The van der Waals surface area contributed by atoms with E-state index in [1.54, 1.807) is 13.1 Å². The van der Waals surface area contributed by atoms with Crippen molar-refractivity contribution in [1.82, 2.24) is 25.5 Å². The summed E-state index contributed by atoms with van der Waals surface area (Å²) in [5, 5.41) is 14.2. The molecule has 0 radical (unpaired) electrons. The lowest BCUT2D eigenvalue weighted by molar-refractivity contribution is 0.527. The second-order valence-corrected chi connectivity index (χ2v) is 7.02. The maximum Gasteiger partial charge on any atom is 0.251 e. The Labute approximate surface area is 156 Å². The quantitative estimate of drug-likeness (QED) is 0.657. The van der Waals surface area contributed by atoms with Crippen LogP contribution in [-0.4, -0.2) is 39.0 Å². The van der Waals surface area contributed by atoms with Crippen LogP contribution < -0.4 is 10.6 Å². The summed E-state index contributed by atoms with van der Waals surface area (Å²) in [5.74, 6) is 0.550. The van der Waals surface area contributed by atoms with Crippen LogP contribution in [0.15, 0.2) is 29.4 Å². The Bertz CT molecular complexity index is 995. The standard InChI is InChI=1S/C19H22FN7/c1-11-3-4-15(10-21-8-11)25-19-23-12(2)17(20)18(26-19)24-14-5-6-16-13(7-14)9-22-27-16/h5-7,9,11,21H,3-4,8,10H2,1-2H3,(H,22,27)(H,23,24,26)/b25-15-. The van der Waals surface area contributed by atoms with Crippen molar-refractivity contribution in [1.29, 1.82) is 0 Å². The third kappa shape index (κ3) is 3.95. The fourth-order valence-electron chi connectivity index (χ4n) is 3.14. The van der Waals surface area contributed by atoms with Crippen molar-refractivity contribution in [3.63, 3.8) is 0 Å². The van der Waals surface area contributed by atoms with Gasteiger partial charge in [0, 0.05) is 23.3 Å². The molecule has 1 aliphatic heterocycles. The lowest BCUT2D eigenvalue weighted by Crippen LogP contribution is -2.22. The van der Waals surface area contributed by atoms with Gasteiger partial charge in [-0.25, -0.2) is 14.4 Å². The zero-order valence-corrected chi connectivity index (χ0v) is 15.4. The molecule has 1 aliphatic rings. The number of aromatic nitrogens is 4. The predicted molar refractivity (Wildman–Crippen MR) is 104 cm³/mol. The number of H-pyrrole nitrogens is 1. The molecule has 0 spiro atoms. The van der Waals surface area contributed by atoms with Gasteiger partial charge in [0.2, 0.25) is 0 Å². The average Bonchev–Trinajstić information content (AvgIpc) is 3.02. The normalized spacial score (nSPS) is 19.4. The molecule has 0 aliphatic carbocycles. The van der Waals surface area contributed by atoms with Gasteiger partial charge in [0.25, 0.3) is 5.95 Å². The molecule has 3 aromatic rings. The van der Waals surface area contributed by atoms with Gasteiger partial charge in [-0.2, -0.15) is 10.1 Å². The van der Waals surface area contributed by atoms with Gasteiger partial charge in [0.15, 0.2) is 11.6 Å². The highest BCUT2D eigenvalue weighted by atomic mass is 19.1. The van der Waals surface area contributed by atoms with Crippen LogP contribution in [0.2, 0.25) is 0 Å². The summed E-state index contributed by atoms with van der Waals surface area (Å²) in [6.45, 7) is 5.53. The zero-order chi connectivity index (χ0) is 18.8. The summed E-state index contributed by atoms with van der Waals surface area (Å²) in [6.07, 6.45) is 3.69. The summed E-state index contributed by atoms with van der Waals surface area (Å²) in [5.41, 5.74) is 2.91. The molecular formula is C19H22FN7. The van der Waals surface area contributed by atoms with Crippen molar-refractivity contribution in [3.05, 3.63) is 35.9 Å². The molecule has 2 aromatic heterocycles. The Morgan fingerprint density at radius 3 is 3.07 bits per heavy atom. The first-order valence-corrected chi connectivity index (χ1v) is 9.10. The van der Waals surface area contributed by atoms with Crippen LogP contribution in [0.25, 0.3) is 10.9 Å². The average molecular weight is 367 g/mol. The number of anilines is 2. The molecule has 0 saturated carbocycles. The number of rotatable bonds is 3. The van der Waals surface area contributed by atoms with E-state index in [4.69, 9.17) is 0 Å². The number of benzene rings is 1. The maximum atomic E-state index is 14.5. The fraction of sp³-hybridized carbons (Fsp3) is 0.368. The Kier molecular flexibility index (Phi) is 4.81. The lowest BCUT2D eigenvalue weighted by Gasteiger charge is -2.09. The smallest absolute Gasteiger partial charge is 0.251 e. The third-order valence-electron chi connectivity index (χ3n) is 4.71. The molecule has 0 amide bonds. The van der Waals surface area contributed by atoms with Gasteiger partial charge in [0.1, 0.15) is 0 Å². The van der Waals surface area contributed by atoms with Crippen molar-refractivity contribution in [2.45, 2.75) is 26.7 Å². The van der Waals surface area contributed by atoms with Crippen LogP contribution in [0.4, 0.5) is 21.8 Å². The van der Waals surface area contributed by atoms with E-state index in [2.05, 4.69) is 42.7 Å². The van der Waals surface area contributed by atoms with Crippen LogP contribution in [0.5, 0.6) is 0 Å². The van der Waals surface area contributed by atoms with E-state index in [1.165, 1.54) is 0 Å². The molecule has 3 heterocycles. The Balaban J connectivity index is 1.62. The van der Waals surface area contributed by atoms with Gasteiger partial charge in [-0.15, -0.1) is 0 Å². The van der Waals surface area contributed by atoms with Gasteiger partial charge in [-0.05, 0) is 50.4 Å². The highest BCUT2D eigenvalue weighted by Crippen LogP contribution is 2.24. The molecule has 1 unspecified atom stereocenters. The van der Waals surface area contributed by atoms with Crippen molar-refractivity contribution >= 4 is 34.1 Å². The first-order valence-electron chi connectivity index (χ1n) is 9.10. The number of aryl methyl sites for hydroxylation is 1. The molecule has 1 aromatic carbocycles. The van der Waals surface area contributed by atoms with E-state index in [0.29, 0.717) is 12.5 Å². The molecule has 1 atom stereocenters. The molecule has 3 N–H and O–H groups in total. The van der Waals surface area contributed by atoms with Crippen molar-refractivity contribution in [2.24, 2.45) is 10.9 Å². The van der Waals surface area contributed by atoms with Crippen LogP contribution >= 0.6 is 0 Å². The number of halogens is 1. The van der Waals surface area contributed by atoms with Crippen molar-refractivity contribution in [3.8, 4) is 0 Å². The van der Waals surface area contributed by atoms with Crippen molar-refractivity contribution in [2.75, 3.05) is 18.4 Å². The van der Waals surface area contributed by atoms with Crippen molar-refractivity contribution < 1.29 is 4.39 Å². The Hall–Kier alpha value is -2.87. The summed E-state index contributed by atoms with van der Waals surface area (Å²) in [6, 6.07) is 5.62. The Morgan fingerprint density at radius 2 is 2.19 bits per heavy atom. The van der Waals surface area contributed by atoms with E-state index in [9.17, 15) is 4.39 Å². The van der Waals surface area contributed by atoms with Crippen LogP contribution in [0.1, 0.15) is 25.5 Å². The van der Waals surface area contributed by atoms with E-state index in [-0.39, 0.29) is 17.5 Å². The van der Waals surface area contributed by atoms with Gasteiger partial charge in [0.05, 0.1) is 17.4 Å². The highest BCUT2D eigenvalue weighted by molar-refractivity contribution is 5.88. The molecule has 0 bridgehead atoms. The number of hydrogen-bond donors (Lipinski definition) is 3. The van der Waals surface area contributed by atoms with E-state index < -0.39 is 5.82 Å². The second-order valence-electron chi connectivity index (χ2n) is 7.02. The first kappa shape index (κ1) is 17.5. The van der Waals surface area contributed by atoms with Crippen LogP contribution in [0.3, 0.4) is 0 Å². The molecule has 1 fully saturated rings. The largest absolute Gasteiger partial charge is 0.338 e. The monoisotopic (exact) mass is 367 g/mol. The minimum Gasteiger partial charge on any atom is -0.338 e. The topological polar surface area (TPSA) is 90.9 Å². The summed E-state index contributed by atoms with van der Waals surface area (Å²) < 4.78 is 14.5. The number of aliphatic imine (C=N–C) groups is 1. The van der Waals surface area contributed by atoms with Gasteiger partial charge in [-0.1, -0.05) is 6.92 Å². The number of hydrogen-bond acceptors (Lipinski definition) is 6. The zero-order valence-electron chi connectivity index (χ0n) is 15.4. The van der Waals surface area contributed by atoms with Gasteiger partial charge < -0.3 is 10.6 Å². The van der Waals surface area contributed by atoms with E-state index >= 15 is 0 Å². The molecule has 4 rings (SSSR count). The Morgan fingerprint density at radius 1 is 1.30 bits per heavy atom. The van der Waals surface area contributed by atoms with E-state index in [0.717, 1.165) is 41.7 Å². The summed E-state index contributed by atoms with van der Waals surface area (Å²) in [4.78, 5) is 13.1. The molecular weight excluding hydrogens is 345 g/mol. The number of nitrogens with zero attached hydrogens (tertiary/aromatic N) is 4. The van der Waals surface area contributed by atoms with E-state index in [1.807, 2.05) is 18.2 Å². The molecule has 27 heavy (non-hydrogen) atoms. The molecule has 7 nitrogen and oxygen atoms in total. The van der Waals surface area contributed by atoms with Gasteiger partial charge in [-0.3, -0.25) is 5.10 Å². The molecule has 8 heteroatoms. The second kappa shape index (κ2) is 7.40.